The van der Waals surface area contributed by atoms with Crippen molar-refractivity contribution >= 4 is 46.7 Å². The third-order valence-electron chi connectivity index (χ3n) is 5.77. The van der Waals surface area contributed by atoms with Crippen LogP contribution in [-0.4, -0.2) is 28.8 Å². The summed E-state index contributed by atoms with van der Waals surface area (Å²) in [6.45, 7) is 0.477. The summed E-state index contributed by atoms with van der Waals surface area (Å²) in [6, 6.07) is 23.2. The highest BCUT2D eigenvalue weighted by Crippen LogP contribution is 2.45. The zero-order valence-corrected chi connectivity index (χ0v) is 18.8. The van der Waals surface area contributed by atoms with Crippen LogP contribution in [0.3, 0.4) is 0 Å². The van der Waals surface area contributed by atoms with Crippen LogP contribution >= 0.6 is 23.4 Å². The lowest BCUT2D eigenvalue weighted by molar-refractivity contribution is -0.140. The third kappa shape index (κ3) is 3.85. The van der Waals surface area contributed by atoms with Crippen LogP contribution in [0.5, 0.6) is 0 Å². The van der Waals surface area contributed by atoms with E-state index < -0.39 is 17.5 Å². The largest absolute Gasteiger partial charge is 0.353 e. The van der Waals surface area contributed by atoms with E-state index in [-0.39, 0.29) is 5.91 Å². The Kier molecular flexibility index (Phi) is 5.81. The second-order valence-corrected chi connectivity index (χ2v) is 9.37. The van der Waals surface area contributed by atoms with Gasteiger partial charge in [0, 0.05) is 16.3 Å². The van der Waals surface area contributed by atoms with Crippen molar-refractivity contribution in [2.75, 3.05) is 11.9 Å². The summed E-state index contributed by atoms with van der Waals surface area (Å²) < 4.78 is 0. The van der Waals surface area contributed by atoms with E-state index in [0.29, 0.717) is 6.54 Å². The number of anilines is 2. The maximum absolute atomic E-state index is 12.7. The van der Waals surface area contributed by atoms with E-state index in [0.717, 1.165) is 29.8 Å². The quantitative estimate of drug-likeness (QED) is 0.225. The zero-order chi connectivity index (χ0) is 22.1. The first-order chi connectivity index (χ1) is 15.6. The molecule has 5 nitrogen and oxygen atoms in total. The molecular formula is C25H22ClN3O2S. The van der Waals surface area contributed by atoms with Crippen LogP contribution in [0.25, 0.3) is 0 Å². The van der Waals surface area contributed by atoms with Crippen LogP contribution in [0.4, 0.5) is 16.2 Å². The van der Waals surface area contributed by atoms with E-state index in [4.69, 9.17) is 11.6 Å². The van der Waals surface area contributed by atoms with Crippen molar-refractivity contribution in [2.24, 2.45) is 0 Å². The first-order valence-corrected chi connectivity index (χ1v) is 11.8. The van der Waals surface area contributed by atoms with Crippen molar-refractivity contribution in [2.45, 2.75) is 34.1 Å². The lowest BCUT2D eigenvalue weighted by Gasteiger charge is -2.42. The smallest absolute Gasteiger partial charge is 0.324 e. The van der Waals surface area contributed by atoms with Crippen LogP contribution in [0, 0.1) is 0 Å². The van der Waals surface area contributed by atoms with Crippen LogP contribution in [-0.2, 0) is 11.2 Å². The highest BCUT2D eigenvalue weighted by atomic mass is 35.5. The molecule has 0 radical (unpaired) electrons. The Bertz CT molecular complexity index is 1170. The summed E-state index contributed by atoms with van der Waals surface area (Å²) in [5.74, 6) is -0.352. The number of hydrogen-bond acceptors (Lipinski definition) is 4. The maximum Gasteiger partial charge on any atom is 0.324 e. The average molecular weight is 464 g/mol. The Morgan fingerprint density at radius 2 is 1.75 bits per heavy atom. The van der Waals surface area contributed by atoms with E-state index in [1.807, 2.05) is 42.5 Å². The molecule has 3 aromatic rings. The first-order valence-electron chi connectivity index (χ1n) is 10.6. The van der Waals surface area contributed by atoms with Gasteiger partial charge in [-0.15, -0.1) is 11.6 Å². The highest BCUT2D eigenvalue weighted by Gasteiger charge is 2.50. The maximum atomic E-state index is 12.7. The summed E-state index contributed by atoms with van der Waals surface area (Å²) >= 11 is 7.97. The normalized spacial score (nSPS) is 18.8. The molecule has 3 aromatic carbocycles. The number of halogens is 1. The fourth-order valence-corrected chi connectivity index (χ4v) is 5.54. The molecule has 2 atom stereocenters. The number of fused-ring (bicyclic) bond motifs is 2. The molecule has 2 heterocycles. The van der Waals surface area contributed by atoms with Crippen molar-refractivity contribution in [1.82, 2.24) is 10.2 Å². The van der Waals surface area contributed by atoms with E-state index in [1.54, 1.807) is 11.8 Å². The summed E-state index contributed by atoms with van der Waals surface area (Å²) in [5.41, 5.74) is 4.32. The van der Waals surface area contributed by atoms with Crippen LogP contribution in [0.1, 0.15) is 23.6 Å². The predicted molar refractivity (Wildman–Crippen MR) is 128 cm³/mol. The number of amides is 3. The Balaban J connectivity index is 1.19. The second kappa shape index (κ2) is 8.88. The summed E-state index contributed by atoms with van der Waals surface area (Å²) in [6.07, 6.45) is 1.58. The number of rotatable bonds is 5. The van der Waals surface area contributed by atoms with Crippen LogP contribution < -0.4 is 10.6 Å². The van der Waals surface area contributed by atoms with E-state index in [9.17, 15) is 9.59 Å². The first kappa shape index (κ1) is 20.9. The summed E-state index contributed by atoms with van der Waals surface area (Å²) in [7, 11) is 0. The van der Waals surface area contributed by atoms with Gasteiger partial charge in [-0.1, -0.05) is 66.4 Å². The molecule has 32 heavy (non-hydrogen) atoms. The third-order valence-corrected chi connectivity index (χ3v) is 7.33. The van der Waals surface area contributed by atoms with E-state index in [2.05, 4.69) is 41.0 Å². The number of aryl methyl sites for hydroxylation is 1. The van der Waals surface area contributed by atoms with E-state index >= 15 is 0 Å². The van der Waals surface area contributed by atoms with Gasteiger partial charge in [-0.25, -0.2) is 4.79 Å². The molecule has 0 saturated carbocycles. The zero-order valence-electron chi connectivity index (χ0n) is 17.3. The molecule has 0 bridgehead atoms. The van der Waals surface area contributed by atoms with Gasteiger partial charge in [-0.2, -0.15) is 0 Å². The monoisotopic (exact) mass is 463 g/mol. The van der Waals surface area contributed by atoms with Crippen molar-refractivity contribution < 1.29 is 9.59 Å². The number of benzene rings is 3. The topological polar surface area (TPSA) is 61.4 Å². The number of imide groups is 1. The van der Waals surface area contributed by atoms with Gasteiger partial charge in [0.25, 0.3) is 5.91 Å². The van der Waals surface area contributed by atoms with Crippen molar-refractivity contribution in [3.8, 4) is 0 Å². The van der Waals surface area contributed by atoms with Gasteiger partial charge in [-0.3, -0.25) is 9.69 Å². The number of carbonyl (C=O) groups is 2. The van der Waals surface area contributed by atoms with Crippen LogP contribution in [0.2, 0.25) is 0 Å². The van der Waals surface area contributed by atoms with Gasteiger partial charge in [0.2, 0.25) is 0 Å². The lowest BCUT2D eigenvalue weighted by Crippen LogP contribution is -2.61. The van der Waals surface area contributed by atoms with Crippen molar-refractivity contribution in [3.05, 3.63) is 83.9 Å². The number of nitrogens with one attached hydrogen (secondary N) is 2. The van der Waals surface area contributed by atoms with Gasteiger partial charge in [0.1, 0.15) is 5.38 Å². The predicted octanol–water partition coefficient (Wildman–Crippen LogP) is 5.73. The van der Waals surface area contributed by atoms with Crippen LogP contribution in [0.15, 0.2) is 82.6 Å². The molecule has 0 aliphatic carbocycles. The second-order valence-electron chi connectivity index (χ2n) is 7.81. The number of nitrogens with zero attached hydrogens (tertiary/aromatic N) is 1. The SMILES string of the molecule is O=C(NCCCc1cccc2c1Nc1ccccc1S2)N1C(=O)C(Cl)C1c1ccccc1. The summed E-state index contributed by atoms with van der Waals surface area (Å²) in [4.78, 5) is 28.5. The molecule has 1 fully saturated rings. The number of hydrogen-bond donors (Lipinski definition) is 2. The van der Waals surface area contributed by atoms with Gasteiger partial charge in [0.15, 0.2) is 0 Å². The minimum Gasteiger partial charge on any atom is -0.353 e. The Morgan fingerprint density at radius 3 is 2.59 bits per heavy atom. The van der Waals surface area contributed by atoms with Gasteiger partial charge >= 0.3 is 6.03 Å². The lowest BCUT2D eigenvalue weighted by atomic mass is 9.94. The molecular weight excluding hydrogens is 442 g/mol. The molecule has 1 saturated heterocycles. The number of likely N-dealkylation sites (tertiary alicyclic amines) is 1. The average Bonchev–Trinajstić information content (AvgIpc) is 2.83. The minimum absolute atomic E-state index is 0.352. The molecule has 0 aromatic heterocycles. The molecule has 0 spiro atoms. The number of urea groups is 1. The van der Waals surface area contributed by atoms with Crippen molar-refractivity contribution in [1.29, 1.82) is 0 Å². The van der Waals surface area contributed by atoms with Gasteiger partial charge < -0.3 is 10.6 Å². The minimum atomic E-state index is -0.703. The van der Waals surface area contributed by atoms with Gasteiger partial charge in [0.05, 0.1) is 17.4 Å². The Morgan fingerprint density at radius 1 is 1.00 bits per heavy atom. The highest BCUT2D eigenvalue weighted by molar-refractivity contribution is 7.99. The molecule has 7 heteroatoms. The Labute approximate surface area is 196 Å². The van der Waals surface area contributed by atoms with Gasteiger partial charge in [-0.05, 0) is 42.2 Å². The molecule has 162 valence electrons. The fraction of sp³-hybridized carbons (Fsp3) is 0.200. The number of carbonyl (C=O) groups excluding carboxylic acids is 2. The molecule has 2 aliphatic rings. The number of β-lactam (4-membered cyclic amide) rings is 1. The summed E-state index contributed by atoms with van der Waals surface area (Å²) in [5, 5.41) is 5.73. The Hall–Kier alpha value is -2.96. The fourth-order valence-electron chi connectivity index (χ4n) is 4.13. The standard InChI is InChI=1S/C25H22ClN3O2S/c26-21-23(17-8-2-1-3-9-17)29(24(21)30)25(31)27-15-7-11-16-10-6-14-20-22(16)28-18-12-4-5-13-19(18)32-20/h1-6,8-10,12-14,21,23,28H,7,11,15H2,(H,27,31). The number of alkyl halides is 1. The van der Waals surface area contributed by atoms with E-state index in [1.165, 1.54) is 20.3 Å². The molecule has 2 N–H and O–H groups in total. The van der Waals surface area contributed by atoms with Crippen molar-refractivity contribution in [3.63, 3.8) is 0 Å². The number of para-hydroxylation sites is 2. The molecule has 5 rings (SSSR count). The molecule has 3 amide bonds. The molecule has 2 unspecified atom stereocenters. The molecule has 2 aliphatic heterocycles.